The summed E-state index contributed by atoms with van der Waals surface area (Å²) in [5.41, 5.74) is 1.05. The molecule has 0 atom stereocenters. The quantitative estimate of drug-likeness (QED) is 0.782. The molecule has 0 radical (unpaired) electrons. The Hall–Kier alpha value is -1.32. The summed E-state index contributed by atoms with van der Waals surface area (Å²) in [4.78, 5) is 11.8. The second kappa shape index (κ2) is 5.53. The zero-order valence-electron chi connectivity index (χ0n) is 9.63. The smallest absolute Gasteiger partial charge is 0.228 e. The van der Waals surface area contributed by atoms with Crippen molar-refractivity contribution in [2.75, 3.05) is 5.32 Å². The molecule has 0 fully saturated rings. The van der Waals surface area contributed by atoms with Crippen LogP contribution in [0.3, 0.4) is 0 Å². The second-order valence-corrected chi connectivity index (χ2v) is 3.63. The monoisotopic (exact) mass is 209 g/mol. The van der Waals surface area contributed by atoms with Gasteiger partial charge in [0.25, 0.3) is 0 Å². The minimum atomic E-state index is 0.0824. The first-order valence-electron chi connectivity index (χ1n) is 5.55. The van der Waals surface area contributed by atoms with Gasteiger partial charge in [-0.05, 0) is 19.3 Å². The molecule has 0 unspecified atom stereocenters. The summed E-state index contributed by atoms with van der Waals surface area (Å²) in [6, 6.07) is 0. The average molecular weight is 209 g/mol. The molecule has 0 bridgehead atoms. The number of anilines is 1. The summed E-state index contributed by atoms with van der Waals surface area (Å²) in [5, 5.41) is 9.61. The summed E-state index contributed by atoms with van der Waals surface area (Å²) in [7, 11) is 0. The molecule has 0 saturated carbocycles. The Balaban J connectivity index is 2.65. The number of nitrogens with zero attached hydrogens (tertiary/aromatic N) is 1. The first-order valence-corrected chi connectivity index (χ1v) is 5.55. The minimum absolute atomic E-state index is 0.0824. The van der Waals surface area contributed by atoms with Crippen LogP contribution in [0.1, 0.15) is 39.2 Å². The number of H-pyrrole nitrogens is 1. The maximum atomic E-state index is 11.8. The lowest BCUT2D eigenvalue weighted by Gasteiger charge is -2.12. The van der Waals surface area contributed by atoms with Gasteiger partial charge in [-0.1, -0.05) is 20.8 Å². The van der Waals surface area contributed by atoms with Crippen molar-refractivity contribution < 1.29 is 4.79 Å². The largest absolute Gasteiger partial charge is 0.311 e. The number of aromatic amines is 1. The van der Waals surface area contributed by atoms with E-state index in [0.29, 0.717) is 0 Å². The van der Waals surface area contributed by atoms with Crippen LogP contribution in [0.25, 0.3) is 0 Å². The zero-order valence-corrected chi connectivity index (χ0v) is 9.63. The fourth-order valence-corrected chi connectivity index (χ4v) is 1.57. The normalized spacial score (nSPS) is 10.7. The minimum Gasteiger partial charge on any atom is -0.311 e. The van der Waals surface area contributed by atoms with Gasteiger partial charge in [0, 0.05) is 11.5 Å². The van der Waals surface area contributed by atoms with Gasteiger partial charge in [0.1, 0.15) is 5.82 Å². The van der Waals surface area contributed by atoms with Gasteiger partial charge in [0.05, 0.1) is 6.20 Å². The molecule has 2 N–H and O–H groups in total. The number of hydrogen-bond donors (Lipinski definition) is 2. The number of hydrogen-bond acceptors (Lipinski definition) is 2. The van der Waals surface area contributed by atoms with Gasteiger partial charge in [-0.2, -0.15) is 5.10 Å². The molecular weight excluding hydrogens is 190 g/mol. The Kier molecular flexibility index (Phi) is 4.34. The van der Waals surface area contributed by atoms with E-state index in [4.69, 9.17) is 0 Å². The molecule has 1 amide bonds. The standard InChI is InChI=1S/C11H19N3O/c1-4-8(5-2)11(15)13-10-9(6-3)7-12-14-10/h7-8H,4-6H2,1-3H3,(H2,12,13,14,15). The summed E-state index contributed by atoms with van der Waals surface area (Å²) in [5.74, 6) is 0.923. The van der Waals surface area contributed by atoms with Crippen molar-refractivity contribution in [2.45, 2.75) is 40.0 Å². The highest BCUT2D eigenvalue weighted by molar-refractivity contribution is 5.92. The maximum absolute atomic E-state index is 11.8. The van der Waals surface area contributed by atoms with Gasteiger partial charge in [-0.15, -0.1) is 0 Å². The van der Waals surface area contributed by atoms with Crippen LogP contribution in [-0.2, 0) is 11.2 Å². The molecule has 84 valence electrons. The van der Waals surface area contributed by atoms with Gasteiger partial charge in [0.2, 0.25) is 5.91 Å². The predicted molar refractivity (Wildman–Crippen MR) is 60.7 cm³/mol. The highest BCUT2D eigenvalue weighted by Gasteiger charge is 2.15. The van der Waals surface area contributed by atoms with Crippen LogP contribution in [0, 0.1) is 5.92 Å². The highest BCUT2D eigenvalue weighted by atomic mass is 16.1. The molecule has 4 heteroatoms. The van der Waals surface area contributed by atoms with E-state index in [1.54, 1.807) is 6.20 Å². The molecule has 0 aliphatic heterocycles. The molecule has 0 aliphatic rings. The molecule has 0 aliphatic carbocycles. The third kappa shape index (κ3) is 2.81. The lowest BCUT2D eigenvalue weighted by Crippen LogP contribution is -2.22. The predicted octanol–water partition coefficient (Wildman–Crippen LogP) is 2.35. The van der Waals surface area contributed by atoms with Crippen LogP contribution < -0.4 is 5.32 Å². The van der Waals surface area contributed by atoms with Crippen molar-refractivity contribution in [1.29, 1.82) is 0 Å². The summed E-state index contributed by atoms with van der Waals surface area (Å²) in [6.45, 7) is 6.10. The Morgan fingerprint density at radius 2 is 2.13 bits per heavy atom. The number of aryl methyl sites for hydroxylation is 1. The number of aromatic nitrogens is 2. The molecule has 0 spiro atoms. The Bertz CT molecular complexity index is 315. The Morgan fingerprint density at radius 1 is 1.47 bits per heavy atom. The number of carbonyl (C=O) groups excluding carboxylic acids is 1. The average Bonchev–Trinajstić information content (AvgIpc) is 2.67. The molecular formula is C11H19N3O. The van der Waals surface area contributed by atoms with E-state index in [-0.39, 0.29) is 11.8 Å². The SMILES string of the molecule is CCc1cn[nH]c1NC(=O)C(CC)CC. The van der Waals surface area contributed by atoms with Gasteiger partial charge >= 0.3 is 0 Å². The maximum Gasteiger partial charge on any atom is 0.228 e. The Labute approximate surface area is 90.5 Å². The van der Waals surface area contributed by atoms with Crippen molar-refractivity contribution in [3.63, 3.8) is 0 Å². The van der Waals surface area contributed by atoms with Crippen molar-refractivity contribution in [3.8, 4) is 0 Å². The summed E-state index contributed by atoms with van der Waals surface area (Å²) < 4.78 is 0. The van der Waals surface area contributed by atoms with E-state index in [1.165, 1.54) is 0 Å². The van der Waals surface area contributed by atoms with E-state index < -0.39 is 0 Å². The number of nitrogens with one attached hydrogen (secondary N) is 2. The van der Waals surface area contributed by atoms with Crippen LogP contribution in [0.15, 0.2) is 6.20 Å². The third-order valence-corrected chi connectivity index (χ3v) is 2.70. The van der Waals surface area contributed by atoms with E-state index in [0.717, 1.165) is 30.6 Å². The number of rotatable bonds is 5. The fourth-order valence-electron chi connectivity index (χ4n) is 1.57. The number of amides is 1. The summed E-state index contributed by atoms with van der Waals surface area (Å²) >= 11 is 0. The van der Waals surface area contributed by atoms with Crippen LogP contribution in [0.2, 0.25) is 0 Å². The van der Waals surface area contributed by atoms with Crippen molar-refractivity contribution in [2.24, 2.45) is 5.92 Å². The molecule has 1 heterocycles. The van der Waals surface area contributed by atoms with E-state index in [2.05, 4.69) is 15.5 Å². The number of carbonyl (C=O) groups is 1. The van der Waals surface area contributed by atoms with Crippen LogP contribution in [0.4, 0.5) is 5.82 Å². The second-order valence-electron chi connectivity index (χ2n) is 3.63. The van der Waals surface area contributed by atoms with Gasteiger partial charge in [0.15, 0.2) is 0 Å². The first-order chi connectivity index (χ1) is 7.22. The molecule has 1 aromatic heterocycles. The van der Waals surface area contributed by atoms with Gasteiger partial charge in [-0.3, -0.25) is 9.89 Å². The zero-order chi connectivity index (χ0) is 11.3. The third-order valence-electron chi connectivity index (χ3n) is 2.70. The Morgan fingerprint density at radius 3 is 2.67 bits per heavy atom. The fraction of sp³-hybridized carbons (Fsp3) is 0.636. The summed E-state index contributed by atoms with van der Waals surface area (Å²) in [6.07, 6.45) is 4.37. The molecule has 1 aromatic rings. The first kappa shape index (κ1) is 11.8. The highest BCUT2D eigenvalue weighted by Crippen LogP contribution is 2.15. The lowest BCUT2D eigenvalue weighted by atomic mass is 10.0. The molecule has 1 rings (SSSR count). The van der Waals surface area contributed by atoms with E-state index >= 15 is 0 Å². The van der Waals surface area contributed by atoms with Gasteiger partial charge in [-0.25, -0.2) is 0 Å². The molecule has 0 saturated heterocycles. The van der Waals surface area contributed by atoms with Crippen molar-refractivity contribution in [1.82, 2.24) is 10.2 Å². The molecule has 0 aromatic carbocycles. The van der Waals surface area contributed by atoms with Crippen LogP contribution in [-0.4, -0.2) is 16.1 Å². The van der Waals surface area contributed by atoms with E-state index in [9.17, 15) is 4.79 Å². The van der Waals surface area contributed by atoms with Crippen molar-refractivity contribution >= 4 is 11.7 Å². The lowest BCUT2D eigenvalue weighted by molar-refractivity contribution is -0.120. The molecule has 15 heavy (non-hydrogen) atoms. The van der Waals surface area contributed by atoms with Crippen molar-refractivity contribution in [3.05, 3.63) is 11.8 Å². The van der Waals surface area contributed by atoms with Crippen LogP contribution in [0.5, 0.6) is 0 Å². The van der Waals surface area contributed by atoms with Crippen LogP contribution >= 0.6 is 0 Å². The molecule has 4 nitrogen and oxygen atoms in total. The van der Waals surface area contributed by atoms with E-state index in [1.807, 2.05) is 20.8 Å². The topological polar surface area (TPSA) is 57.8 Å². The van der Waals surface area contributed by atoms with Gasteiger partial charge < -0.3 is 5.32 Å².